The van der Waals surface area contributed by atoms with E-state index in [0.29, 0.717) is 5.56 Å². The first kappa shape index (κ1) is 20.6. The Kier molecular flexibility index (Phi) is 6.51. The number of amides is 1. The summed E-state index contributed by atoms with van der Waals surface area (Å²) in [6.07, 6.45) is 1.67. The molecule has 4 rings (SSSR count). The van der Waals surface area contributed by atoms with Crippen molar-refractivity contribution in [3.05, 3.63) is 76.5 Å². The number of nitrogens with zero attached hydrogens (tertiary/aromatic N) is 4. The Morgan fingerprint density at radius 2 is 1.97 bits per heavy atom. The fourth-order valence-electron chi connectivity index (χ4n) is 2.68. The molecule has 6 nitrogen and oxygen atoms in total. The SMILES string of the molecule is Cc1nc(CSc2ccccc2C(=O)Nc2ccc(Sc3nncn3C)cc2)cs1. The van der Waals surface area contributed by atoms with E-state index < -0.39 is 0 Å². The van der Waals surface area contributed by atoms with Gasteiger partial charge in [0.1, 0.15) is 6.33 Å². The second-order valence-electron chi connectivity index (χ2n) is 6.45. The van der Waals surface area contributed by atoms with E-state index in [9.17, 15) is 4.79 Å². The summed E-state index contributed by atoms with van der Waals surface area (Å²) >= 11 is 4.79. The maximum Gasteiger partial charge on any atom is 0.256 e. The molecule has 0 aliphatic carbocycles. The number of aryl methyl sites for hydroxylation is 2. The zero-order chi connectivity index (χ0) is 20.9. The number of benzene rings is 2. The van der Waals surface area contributed by atoms with Gasteiger partial charge in [-0.05, 0) is 55.1 Å². The molecule has 4 aromatic rings. The average molecular weight is 454 g/mol. The molecule has 0 unspecified atom stereocenters. The van der Waals surface area contributed by atoms with E-state index in [1.165, 1.54) is 11.8 Å². The highest BCUT2D eigenvalue weighted by atomic mass is 32.2. The third kappa shape index (κ3) is 5.10. The highest BCUT2D eigenvalue weighted by Crippen LogP contribution is 2.29. The average Bonchev–Trinajstić information content (AvgIpc) is 3.36. The molecule has 1 amide bonds. The number of rotatable bonds is 7. The number of anilines is 1. The lowest BCUT2D eigenvalue weighted by molar-refractivity contribution is 0.102. The van der Waals surface area contributed by atoms with Crippen LogP contribution in [-0.4, -0.2) is 25.7 Å². The van der Waals surface area contributed by atoms with Gasteiger partial charge < -0.3 is 9.88 Å². The Morgan fingerprint density at radius 3 is 2.67 bits per heavy atom. The zero-order valence-corrected chi connectivity index (χ0v) is 18.9. The van der Waals surface area contributed by atoms with Crippen molar-refractivity contribution in [1.29, 1.82) is 0 Å². The highest BCUT2D eigenvalue weighted by Gasteiger charge is 2.13. The van der Waals surface area contributed by atoms with Crippen LogP contribution in [0.2, 0.25) is 0 Å². The van der Waals surface area contributed by atoms with Gasteiger partial charge in [-0.1, -0.05) is 12.1 Å². The number of carbonyl (C=O) groups excluding carboxylic acids is 1. The summed E-state index contributed by atoms with van der Waals surface area (Å²) in [6.45, 7) is 2.00. The molecule has 0 atom stereocenters. The van der Waals surface area contributed by atoms with Crippen LogP contribution in [0, 0.1) is 6.92 Å². The van der Waals surface area contributed by atoms with E-state index in [0.717, 1.165) is 37.1 Å². The molecule has 0 fully saturated rings. The van der Waals surface area contributed by atoms with Gasteiger partial charge in [0.15, 0.2) is 5.16 Å². The Balaban J connectivity index is 1.41. The van der Waals surface area contributed by atoms with Gasteiger partial charge in [-0.3, -0.25) is 4.79 Å². The normalized spacial score (nSPS) is 10.9. The molecule has 1 N–H and O–H groups in total. The number of thiazole rings is 1. The van der Waals surface area contributed by atoms with Crippen molar-refractivity contribution in [1.82, 2.24) is 19.7 Å². The van der Waals surface area contributed by atoms with Crippen molar-refractivity contribution in [3.63, 3.8) is 0 Å². The smallest absolute Gasteiger partial charge is 0.256 e. The minimum absolute atomic E-state index is 0.124. The minimum Gasteiger partial charge on any atom is -0.322 e. The topological polar surface area (TPSA) is 72.7 Å². The van der Waals surface area contributed by atoms with Gasteiger partial charge >= 0.3 is 0 Å². The first-order valence-electron chi connectivity index (χ1n) is 9.14. The van der Waals surface area contributed by atoms with Gasteiger partial charge in [0.25, 0.3) is 5.91 Å². The summed E-state index contributed by atoms with van der Waals surface area (Å²) in [4.78, 5) is 19.3. The van der Waals surface area contributed by atoms with Gasteiger partial charge in [-0.15, -0.1) is 33.3 Å². The first-order valence-corrected chi connectivity index (χ1v) is 11.8. The third-order valence-corrected chi connectivity index (χ3v) is 7.15. The Hall–Kier alpha value is -2.62. The van der Waals surface area contributed by atoms with Crippen molar-refractivity contribution < 1.29 is 4.79 Å². The summed E-state index contributed by atoms with van der Waals surface area (Å²) in [6, 6.07) is 15.4. The van der Waals surface area contributed by atoms with Crippen molar-refractivity contribution in [2.75, 3.05) is 5.32 Å². The van der Waals surface area contributed by atoms with E-state index in [1.807, 2.05) is 67.1 Å². The Morgan fingerprint density at radius 1 is 1.17 bits per heavy atom. The van der Waals surface area contributed by atoms with E-state index in [-0.39, 0.29) is 5.91 Å². The van der Waals surface area contributed by atoms with Crippen LogP contribution in [0.5, 0.6) is 0 Å². The first-order chi connectivity index (χ1) is 14.6. The minimum atomic E-state index is -0.124. The number of thioether (sulfide) groups is 1. The predicted molar refractivity (Wildman–Crippen MR) is 122 cm³/mol. The lowest BCUT2D eigenvalue weighted by atomic mass is 10.2. The van der Waals surface area contributed by atoms with Crippen LogP contribution in [-0.2, 0) is 12.8 Å². The standard InChI is InChI=1S/C21H19N5OS3/c1-14-23-16(11-28-14)12-29-19-6-4-3-5-18(19)20(27)24-15-7-9-17(10-8-15)30-21-25-22-13-26(21)2/h3-11,13H,12H2,1-2H3,(H,24,27). The molecule has 0 radical (unpaired) electrons. The molecule has 2 heterocycles. The van der Waals surface area contributed by atoms with Crippen molar-refractivity contribution >= 4 is 46.5 Å². The number of hydrogen-bond acceptors (Lipinski definition) is 7. The van der Waals surface area contributed by atoms with Crippen LogP contribution in [0.15, 0.2) is 75.2 Å². The highest BCUT2D eigenvalue weighted by molar-refractivity contribution is 7.99. The molecule has 0 aliphatic rings. The maximum absolute atomic E-state index is 12.9. The summed E-state index contributed by atoms with van der Waals surface area (Å²) in [5.41, 5.74) is 2.44. The molecule has 152 valence electrons. The molecule has 0 spiro atoms. The van der Waals surface area contributed by atoms with E-state index in [4.69, 9.17) is 0 Å². The van der Waals surface area contributed by atoms with Crippen LogP contribution in [0.3, 0.4) is 0 Å². The molecule has 0 saturated heterocycles. The molecular formula is C21H19N5OS3. The van der Waals surface area contributed by atoms with E-state index >= 15 is 0 Å². The van der Waals surface area contributed by atoms with Gasteiger partial charge in [-0.2, -0.15) is 0 Å². The molecule has 0 bridgehead atoms. The quantitative estimate of drug-likeness (QED) is 0.384. The predicted octanol–water partition coefficient (Wildman–Crippen LogP) is 5.28. The number of hydrogen-bond donors (Lipinski definition) is 1. The van der Waals surface area contributed by atoms with Gasteiger partial charge in [0, 0.05) is 33.7 Å². The number of aromatic nitrogens is 4. The Labute approximate surface area is 187 Å². The zero-order valence-electron chi connectivity index (χ0n) is 16.4. The third-order valence-electron chi connectivity index (χ3n) is 4.16. The summed E-state index contributed by atoms with van der Waals surface area (Å²) in [5, 5.41) is 14.9. The van der Waals surface area contributed by atoms with Crippen molar-refractivity contribution in [2.24, 2.45) is 7.05 Å². The molecule has 0 aliphatic heterocycles. The summed E-state index contributed by atoms with van der Waals surface area (Å²) < 4.78 is 1.86. The van der Waals surface area contributed by atoms with Crippen molar-refractivity contribution in [3.8, 4) is 0 Å². The molecule has 9 heteroatoms. The van der Waals surface area contributed by atoms with E-state index in [1.54, 1.807) is 29.4 Å². The Bertz CT molecular complexity index is 1150. The van der Waals surface area contributed by atoms with Crippen LogP contribution in [0.25, 0.3) is 0 Å². The lowest BCUT2D eigenvalue weighted by Gasteiger charge is -2.10. The molecular weight excluding hydrogens is 434 g/mol. The fraction of sp³-hybridized carbons (Fsp3) is 0.143. The fourth-order valence-corrected chi connectivity index (χ4v) is 5.10. The largest absolute Gasteiger partial charge is 0.322 e. The second kappa shape index (κ2) is 9.46. The molecule has 2 aromatic carbocycles. The van der Waals surface area contributed by atoms with Crippen LogP contribution in [0.1, 0.15) is 21.1 Å². The lowest BCUT2D eigenvalue weighted by Crippen LogP contribution is -2.12. The van der Waals surface area contributed by atoms with E-state index in [2.05, 4.69) is 25.9 Å². The molecule has 0 saturated carbocycles. The number of carbonyl (C=O) groups is 1. The van der Waals surface area contributed by atoms with Gasteiger partial charge in [0.2, 0.25) is 0 Å². The van der Waals surface area contributed by atoms with Crippen LogP contribution >= 0.6 is 34.9 Å². The van der Waals surface area contributed by atoms with Crippen LogP contribution < -0.4 is 5.32 Å². The summed E-state index contributed by atoms with van der Waals surface area (Å²) in [5.74, 6) is 0.615. The second-order valence-corrected chi connectivity index (χ2v) is 9.57. The summed E-state index contributed by atoms with van der Waals surface area (Å²) in [7, 11) is 1.90. The van der Waals surface area contributed by atoms with Gasteiger partial charge in [-0.25, -0.2) is 4.98 Å². The van der Waals surface area contributed by atoms with Crippen molar-refractivity contribution in [2.45, 2.75) is 27.6 Å². The van der Waals surface area contributed by atoms with Crippen LogP contribution in [0.4, 0.5) is 5.69 Å². The molecule has 30 heavy (non-hydrogen) atoms. The van der Waals surface area contributed by atoms with Gasteiger partial charge in [0.05, 0.1) is 16.3 Å². The maximum atomic E-state index is 12.9. The monoisotopic (exact) mass is 453 g/mol. The molecule has 2 aromatic heterocycles. The number of nitrogens with one attached hydrogen (secondary N) is 1.